The molecule has 1 fully saturated rings. The van der Waals surface area contributed by atoms with Crippen molar-refractivity contribution in [3.05, 3.63) is 24.3 Å². The Hall–Kier alpha value is -1.17. The number of nitrogens with zero attached hydrogens (tertiary/aromatic N) is 4. The molecule has 1 aliphatic heterocycles. The zero-order chi connectivity index (χ0) is 13.1. The number of ether oxygens (including phenoxy) is 1. The van der Waals surface area contributed by atoms with Gasteiger partial charge in [0.25, 0.3) is 0 Å². The molecule has 0 aliphatic carbocycles. The molecule has 3 rings (SSSR count). The van der Waals surface area contributed by atoms with Crippen molar-refractivity contribution in [2.24, 2.45) is 0 Å². The Labute approximate surface area is 117 Å². The molecule has 1 aliphatic rings. The number of morpholine rings is 1. The Bertz CT molecular complexity index is 551. The second-order valence-corrected chi connectivity index (χ2v) is 4.90. The maximum atomic E-state index is 5.99. The van der Waals surface area contributed by atoms with E-state index in [1.165, 1.54) is 0 Å². The Morgan fingerprint density at radius 3 is 2.89 bits per heavy atom. The molecule has 0 N–H and O–H groups in total. The van der Waals surface area contributed by atoms with Crippen LogP contribution in [0.15, 0.2) is 18.5 Å². The summed E-state index contributed by atoms with van der Waals surface area (Å²) in [5, 5.41) is 0. The van der Waals surface area contributed by atoms with Crippen LogP contribution in [0.4, 0.5) is 0 Å². The van der Waals surface area contributed by atoms with Gasteiger partial charge in [0.2, 0.25) is 0 Å². The zero-order valence-corrected chi connectivity index (χ0v) is 11.5. The summed E-state index contributed by atoms with van der Waals surface area (Å²) in [6, 6.07) is 2.00. The van der Waals surface area contributed by atoms with E-state index in [1.54, 1.807) is 12.4 Å². The van der Waals surface area contributed by atoms with Gasteiger partial charge in [-0.3, -0.25) is 9.88 Å². The zero-order valence-electron chi connectivity index (χ0n) is 10.8. The minimum absolute atomic E-state index is 0.428. The third kappa shape index (κ3) is 2.73. The number of pyridine rings is 1. The van der Waals surface area contributed by atoms with E-state index in [9.17, 15) is 0 Å². The van der Waals surface area contributed by atoms with E-state index < -0.39 is 0 Å². The fourth-order valence-corrected chi connectivity index (χ4v) is 2.65. The molecule has 6 heteroatoms. The van der Waals surface area contributed by atoms with Crippen molar-refractivity contribution < 1.29 is 4.74 Å². The van der Waals surface area contributed by atoms with Crippen LogP contribution in [0.2, 0.25) is 0 Å². The number of hydrogen-bond acceptors (Lipinski definition) is 4. The summed E-state index contributed by atoms with van der Waals surface area (Å²) in [7, 11) is 0. The van der Waals surface area contributed by atoms with E-state index in [1.807, 2.05) is 6.07 Å². The second-order valence-electron chi connectivity index (χ2n) is 4.63. The Morgan fingerprint density at radius 1 is 1.26 bits per heavy atom. The number of aromatic nitrogens is 3. The molecule has 19 heavy (non-hydrogen) atoms. The monoisotopic (exact) mass is 280 g/mol. The Kier molecular flexibility index (Phi) is 3.96. The van der Waals surface area contributed by atoms with E-state index in [0.717, 1.165) is 56.3 Å². The molecule has 0 spiro atoms. The van der Waals surface area contributed by atoms with Gasteiger partial charge in [-0.15, -0.1) is 11.6 Å². The summed E-state index contributed by atoms with van der Waals surface area (Å²) < 4.78 is 7.56. The molecule has 1 saturated heterocycles. The van der Waals surface area contributed by atoms with Crippen molar-refractivity contribution in [3.8, 4) is 0 Å². The van der Waals surface area contributed by atoms with Gasteiger partial charge in [-0.1, -0.05) is 0 Å². The molecule has 5 nitrogen and oxygen atoms in total. The van der Waals surface area contributed by atoms with Gasteiger partial charge >= 0.3 is 0 Å². The maximum absolute atomic E-state index is 5.99. The lowest BCUT2D eigenvalue weighted by Gasteiger charge is -2.26. The van der Waals surface area contributed by atoms with Crippen molar-refractivity contribution in [2.75, 3.05) is 32.8 Å². The Morgan fingerprint density at radius 2 is 2.11 bits per heavy atom. The fourth-order valence-electron chi connectivity index (χ4n) is 2.45. The van der Waals surface area contributed by atoms with E-state index in [2.05, 4.69) is 19.4 Å². The molecule has 0 unspecified atom stereocenters. The number of rotatable bonds is 4. The van der Waals surface area contributed by atoms with Crippen molar-refractivity contribution >= 4 is 22.6 Å². The van der Waals surface area contributed by atoms with Crippen molar-refractivity contribution in [2.45, 2.75) is 12.4 Å². The van der Waals surface area contributed by atoms with Crippen LogP contribution in [-0.2, 0) is 17.2 Å². The highest BCUT2D eigenvalue weighted by atomic mass is 35.5. The predicted octanol–water partition coefficient (Wildman–Crippen LogP) is 1.50. The van der Waals surface area contributed by atoms with Gasteiger partial charge < -0.3 is 9.30 Å². The molecule has 102 valence electrons. The molecular weight excluding hydrogens is 264 g/mol. The summed E-state index contributed by atoms with van der Waals surface area (Å²) >= 11 is 5.99. The van der Waals surface area contributed by atoms with Gasteiger partial charge in [-0.05, 0) is 6.07 Å². The van der Waals surface area contributed by atoms with Gasteiger partial charge in [-0.2, -0.15) is 0 Å². The third-order valence-corrected chi connectivity index (χ3v) is 3.73. The van der Waals surface area contributed by atoms with Crippen LogP contribution in [0.3, 0.4) is 0 Å². The molecular formula is C13H17ClN4O. The number of alkyl halides is 1. The standard InChI is InChI=1S/C13H17ClN4O/c14-9-13-16-11-10-15-2-1-12(11)18(13)4-3-17-5-7-19-8-6-17/h1-2,10H,3-9H2. The summed E-state index contributed by atoms with van der Waals surface area (Å²) in [6.07, 6.45) is 3.59. The molecule has 0 atom stereocenters. The predicted molar refractivity (Wildman–Crippen MR) is 74.3 cm³/mol. The number of fused-ring (bicyclic) bond motifs is 1. The van der Waals surface area contributed by atoms with Gasteiger partial charge in [0, 0.05) is 32.4 Å². The molecule has 0 radical (unpaired) electrons. The first-order valence-corrected chi connectivity index (χ1v) is 7.07. The number of hydrogen-bond donors (Lipinski definition) is 0. The lowest BCUT2D eigenvalue weighted by molar-refractivity contribution is 0.0364. The van der Waals surface area contributed by atoms with Gasteiger partial charge in [0.15, 0.2) is 0 Å². The van der Waals surface area contributed by atoms with Gasteiger partial charge in [0.1, 0.15) is 11.3 Å². The van der Waals surface area contributed by atoms with Crippen LogP contribution in [0, 0.1) is 0 Å². The van der Waals surface area contributed by atoms with Crippen LogP contribution in [0.5, 0.6) is 0 Å². The van der Waals surface area contributed by atoms with Gasteiger partial charge in [-0.25, -0.2) is 4.98 Å². The minimum Gasteiger partial charge on any atom is -0.379 e. The quantitative estimate of drug-likeness (QED) is 0.796. The number of halogens is 1. The third-order valence-electron chi connectivity index (χ3n) is 3.49. The molecule has 0 amide bonds. The summed E-state index contributed by atoms with van der Waals surface area (Å²) in [6.45, 7) is 5.58. The molecule has 2 aromatic rings. The first kappa shape index (κ1) is 12.8. The first-order valence-electron chi connectivity index (χ1n) is 6.53. The van der Waals surface area contributed by atoms with Gasteiger partial charge in [0.05, 0.1) is 30.8 Å². The molecule has 0 aromatic carbocycles. The second kappa shape index (κ2) is 5.86. The average molecular weight is 281 g/mol. The van der Waals surface area contributed by atoms with Crippen molar-refractivity contribution in [3.63, 3.8) is 0 Å². The fraction of sp³-hybridized carbons (Fsp3) is 0.538. The highest BCUT2D eigenvalue weighted by Gasteiger charge is 2.13. The van der Waals surface area contributed by atoms with E-state index in [4.69, 9.17) is 16.3 Å². The van der Waals surface area contributed by atoms with E-state index in [0.29, 0.717) is 5.88 Å². The normalized spacial score (nSPS) is 17.1. The minimum atomic E-state index is 0.428. The smallest absolute Gasteiger partial charge is 0.124 e. The van der Waals surface area contributed by atoms with Crippen LogP contribution in [0.1, 0.15) is 5.82 Å². The topological polar surface area (TPSA) is 43.2 Å². The molecule has 0 saturated carbocycles. The van der Waals surface area contributed by atoms with Crippen LogP contribution in [0.25, 0.3) is 11.0 Å². The first-order chi connectivity index (χ1) is 9.38. The van der Waals surface area contributed by atoms with Crippen molar-refractivity contribution in [1.29, 1.82) is 0 Å². The number of imidazole rings is 1. The maximum Gasteiger partial charge on any atom is 0.124 e. The van der Waals surface area contributed by atoms with Crippen LogP contribution in [-0.4, -0.2) is 52.3 Å². The van der Waals surface area contributed by atoms with Crippen LogP contribution < -0.4 is 0 Å². The van der Waals surface area contributed by atoms with E-state index >= 15 is 0 Å². The Balaban J connectivity index is 1.78. The summed E-state index contributed by atoms with van der Waals surface area (Å²) in [4.78, 5) is 11.0. The highest BCUT2D eigenvalue weighted by Crippen LogP contribution is 2.16. The largest absolute Gasteiger partial charge is 0.379 e. The summed E-state index contributed by atoms with van der Waals surface area (Å²) in [5.41, 5.74) is 2.03. The average Bonchev–Trinajstić information content (AvgIpc) is 2.84. The van der Waals surface area contributed by atoms with E-state index in [-0.39, 0.29) is 0 Å². The lowest BCUT2D eigenvalue weighted by atomic mass is 10.4. The van der Waals surface area contributed by atoms with Crippen LogP contribution >= 0.6 is 11.6 Å². The molecule has 2 aromatic heterocycles. The summed E-state index contributed by atoms with van der Waals surface area (Å²) in [5.74, 6) is 1.34. The molecule has 3 heterocycles. The lowest BCUT2D eigenvalue weighted by Crippen LogP contribution is -2.38. The van der Waals surface area contributed by atoms with Crippen molar-refractivity contribution in [1.82, 2.24) is 19.4 Å². The molecule has 0 bridgehead atoms. The SMILES string of the molecule is ClCc1nc2cnccc2n1CCN1CCOCC1. The highest BCUT2D eigenvalue weighted by molar-refractivity contribution is 6.16.